The van der Waals surface area contributed by atoms with Gasteiger partial charge < -0.3 is 5.32 Å². The van der Waals surface area contributed by atoms with Crippen LogP contribution in [0, 0.1) is 18.3 Å². The topological polar surface area (TPSA) is 78.7 Å². The Labute approximate surface area is 180 Å². The number of carbonyl (C=O) groups excluding carboxylic acids is 1. The fourth-order valence-electron chi connectivity index (χ4n) is 3.80. The third-order valence-electron chi connectivity index (χ3n) is 5.28. The monoisotopic (exact) mass is 414 g/mol. The van der Waals surface area contributed by atoms with Crippen LogP contribution in [0.3, 0.4) is 0 Å². The predicted molar refractivity (Wildman–Crippen MR) is 119 cm³/mol. The summed E-state index contributed by atoms with van der Waals surface area (Å²) in [5.41, 5.74) is 6.52. The lowest BCUT2D eigenvalue weighted by Gasteiger charge is -2.21. The number of nitrogens with zero attached hydrogens (tertiary/aromatic N) is 3. The van der Waals surface area contributed by atoms with E-state index in [9.17, 15) is 10.1 Å². The second-order valence-electron chi connectivity index (χ2n) is 7.30. The van der Waals surface area contributed by atoms with Gasteiger partial charge in [-0.2, -0.15) is 5.26 Å². The summed E-state index contributed by atoms with van der Waals surface area (Å²) in [5, 5.41) is 13.6. The molecule has 1 N–H and O–H groups in total. The summed E-state index contributed by atoms with van der Waals surface area (Å²) in [6.07, 6.45) is 7.52. The molecule has 0 saturated carbocycles. The molecule has 0 unspecified atom stereocenters. The third kappa shape index (κ3) is 4.22. The number of aromatic nitrogens is 2. The van der Waals surface area contributed by atoms with Crippen molar-refractivity contribution in [2.45, 2.75) is 37.6 Å². The standard InChI is InChI=1S/C24H22N4OS/c1-16-6-2-4-8-20(16)27-22(29)15-30-24-19(14-25)23(17-10-12-26-13-11-17)18-7-3-5-9-21(18)28-24/h2,4,6,8,10-13H,3,5,7,9,15H2,1H3,(H,27,29). The van der Waals surface area contributed by atoms with Crippen LogP contribution < -0.4 is 5.32 Å². The number of hydrogen-bond acceptors (Lipinski definition) is 5. The van der Waals surface area contributed by atoms with Crippen LogP contribution in [0.25, 0.3) is 11.1 Å². The maximum atomic E-state index is 12.5. The molecule has 1 aliphatic rings. The van der Waals surface area contributed by atoms with Crippen LogP contribution in [-0.2, 0) is 17.6 Å². The van der Waals surface area contributed by atoms with Crippen LogP contribution in [0.15, 0.2) is 53.8 Å². The lowest BCUT2D eigenvalue weighted by Crippen LogP contribution is -2.16. The van der Waals surface area contributed by atoms with Crippen molar-refractivity contribution >= 4 is 23.4 Å². The van der Waals surface area contributed by atoms with Crippen molar-refractivity contribution in [2.75, 3.05) is 11.1 Å². The Morgan fingerprint density at radius 3 is 2.70 bits per heavy atom. The summed E-state index contributed by atoms with van der Waals surface area (Å²) in [6.45, 7) is 1.96. The lowest BCUT2D eigenvalue weighted by molar-refractivity contribution is -0.113. The molecule has 2 heterocycles. The first-order valence-electron chi connectivity index (χ1n) is 10.0. The van der Waals surface area contributed by atoms with E-state index in [1.807, 2.05) is 43.3 Å². The number of carbonyl (C=O) groups is 1. The number of para-hydroxylation sites is 1. The van der Waals surface area contributed by atoms with Crippen LogP contribution in [0.4, 0.5) is 5.69 Å². The molecule has 0 aliphatic heterocycles. The highest BCUT2D eigenvalue weighted by Crippen LogP contribution is 2.37. The van der Waals surface area contributed by atoms with Crippen molar-refractivity contribution < 1.29 is 4.79 Å². The summed E-state index contributed by atoms with van der Waals surface area (Å²) < 4.78 is 0. The Hall–Kier alpha value is -3.17. The Bertz CT molecular complexity index is 1120. The minimum Gasteiger partial charge on any atom is -0.325 e. The highest BCUT2D eigenvalue weighted by atomic mass is 32.2. The van der Waals surface area contributed by atoms with Crippen molar-refractivity contribution in [1.82, 2.24) is 9.97 Å². The number of thioether (sulfide) groups is 1. The zero-order valence-corrected chi connectivity index (χ0v) is 17.6. The van der Waals surface area contributed by atoms with E-state index in [0.29, 0.717) is 10.6 Å². The molecule has 4 rings (SSSR count). The first-order chi connectivity index (χ1) is 14.7. The highest BCUT2D eigenvalue weighted by molar-refractivity contribution is 8.00. The number of pyridine rings is 2. The van der Waals surface area contributed by atoms with Gasteiger partial charge in [0.05, 0.1) is 11.3 Å². The first kappa shape index (κ1) is 20.1. The number of anilines is 1. The zero-order chi connectivity index (χ0) is 20.9. The molecule has 2 aromatic heterocycles. The smallest absolute Gasteiger partial charge is 0.234 e. The summed E-state index contributed by atoms with van der Waals surface area (Å²) in [7, 11) is 0. The summed E-state index contributed by atoms with van der Waals surface area (Å²) >= 11 is 1.33. The summed E-state index contributed by atoms with van der Waals surface area (Å²) in [6, 6.07) is 13.9. The van der Waals surface area contributed by atoms with E-state index >= 15 is 0 Å². The van der Waals surface area contributed by atoms with Crippen molar-refractivity contribution in [3.63, 3.8) is 0 Å². The van der Waals surface area contributed by atoms with E-state index in [1.54, 1.807) is 12.4 Å². The van der Waals surface area contributed by atoms with E-state index in [1.165, 1.54) is 11.8 Å². The van der Waals surface area contributed by atoms with Crippen molar-refractivity contribution in [3.05, 3.63) is 71.2 Å². The molecule has 1 aromatic carbocycles. The van der Waals surface area contributed by atoms with Crippen LogP contribution >= 0.6 is 11.8 Å². The van der Waals surface area contributed by atoms with Gasteiger partial charge >= 0.3 is 0 Å². The lowest BCUT2D eigenvalue weighted by atomic mass is 9.87. The quantitative estimate of drug-likeness (QED) is 0.599. The van der Waals surface area contributed by atoms with E-state index in [4.69, 9.17) is 4.98 Å². The number of fused-ring (bicyclic) bond motifs is 1. The number of rotatable bonds is 5. The number of benzene rings is 1. The van der Waals surface area contributed by atoms with Gasteiger partial charge in [0, 0.05) is 29.3 Å². The van der Waals surface area contributed by atoms with Gasteiger partial charge in [-0.05, 0) is 67.5 Å². The molecule has 6 heteroatoms. The van der Waals surface area contributed by atoms with Crippen LogP contribution in [0.2, 0.25) is 0 Å². The largest absolute Gasteiger partial charge is 0.325 e. The Kier molecular flexibility index (Phi) is 6.10. The molecular formula is C24H22N4OS. The molecule has 0 atom stereocenters. The van der Waals surface area contributed by atoms with Crippen LogP contribution in [0.1, 0.15) is 35.2 Å². The number of hydrogen-bond donors (Lipinski definition) is 1. The van der Waals surface area contributed by atoms with Gasteiger partial charge in [-0.15, -0.1) is 0 Å². The fourth-order valence-corrected chi connectivity index (χ4v) is 4.60. The molecule has 0 spiro atoms. The molecule has 0 radical (unpaired) electrons. The first-order valence-corrected chi connectivity index (χ1v) is 11.0. The van der Waals surface area contributed by atoms with E-state index in [2.05, 4.69) is 16.4 Å². The second-order valence-corrected chi connectivity index (χ2v) is 8.26. The maximum absolute atomic E-state index is 12.5. The molecule has 5 nitrogen and oxygen atoms in total. The Balaban J connectivity index is 1.64. The minimum absolute atomic E-state index is 0.108. The molecule has 3 aromatic rings. The van der Waals surface area contributed by atoms with Gasteiger partial charge in [-0.3, -0.25) is 9.78 Å². The summed E-state index contributed by atoms with van der Waals surface area (Å²) in [5.74, 6) is 0.0908. The maximum Gasteiger partial charge on any atom is 0.234 e. The van der Waals surface area contributed by atoms with E-state index in [-0.39, 0.29) is 11.7 Å². The molecule has 1 aliphatic carbocycles. The summed E-state index contributed by atoms with van der Waals surface area (Å²) in [4.78, 5) is 21.5. The van der Waals surface area contributed by atoms with Gasteiger partial charge in [-0.1, -0.05) is 30.0 Å². The second kappa shape index (κ2) is 9.10. The van der Waals surface area contributed by atoms with E-state index in [0.717, 1.165) is 59.3 Å². The molecular weight excluding hydrogens is 392 g/mol. The molecule has 0 saturated heterocycles. The normalized spacial score (nSPS) is 12.7. The highest BCUT2D eigenvalue weighted by Gasteiger charge is 2.23. The average molecular weight is 415 g/mol. The Morgan fingerprint density at radius 1 is 1.17 bits per heavy atom. The molecule has 30 heavy (non-hydrogen) atoms. The number of amides is 1. The van der Waals surface area contributed by atoms with Crippen LogP contribution in [-0.4, -0.2) is 21.6 Å². The zero-order valence-electron chi connectivity index (χ0n) is 16.8. The molecule has 0 fully saturated rings. The minimum atomic E-state index is -0.108. The average Bonchev–Trinajstić information content (AvgIpc) is 2.78. The Morgan fingerprint density at radius 2 is 1.93 bits per heavy atom. The molecule has 150 valence electrons. The fraction of sp³-hybridized carbons (Fsp3) is 0.250. The molecule has 1 amide bonds. The van der Waals surface area contributed by atoms with Crippen molar-refractivity contribution in [2.24, 2.45) is 0 Å². The van der Waals surface area contributed by atoms with Gasteiger partial charge in [0.2, 0.25) is 5.91 Å². The molecule has 0 bridgehead atoms. The van der Waals surface area contributed by atoms with Gasteiger partial charge in [0.25, 0.3) is 0 Å². The predicted octanol–water partition coefficient (Wildman–Crippen LogP) is 4.93. The SMILES string of the molecule is Cc1ccccc1NC(=O)CSc1nc2c(c(-c3ccncc3)c1C#N)CCCC2. The number of nitrogens with one attached hydrogen (secondary N) is 1. The third-order valence-corrected chi connectivity index (χ3v) is 6.26. The van der Waals surface area contributed by atoms with E-state index < -0.39 is 0 Å². The number of nitriles is 1. The van der Waals surface area contributed by atoms with Gasteiger partial charge in [0.1, 0.15) is 11.1 Å². The van der Waals surface area contributed by atoms with Crippen molar-refractivity contribution in [1.29, 1.82) is 5.26 Å². The van der Waals surface area contributed by atoms with Gasteiger partial charge in [0.15, 0.2) is 0 Å². The van der Waals surface area contributed by atoms with Crippen molar-refractivity contribution in [3.8, 4) is 17.2 Å². The van der Waals surface area contributed by atoms with Crippen LogP contribution in [0.5, 0.6) is 0 Å². The number of aryl methyl sites for hydroxylation is 2. The van der Waals surface area contributed by atoms with Gasteiger partial charge in [-0.25, -0.2) is 4.98 Å².